The third-order valence-electron chi connectivity index (χ3n) is 3.45. The summed E-state index contributed by atoms with van der Waals surface area (Å²) in [6.07, 6.45) is 2.19. The van der Waals surface area contributed by atoms with Crippen molar-refractivity contribution in [2.45, 2.75) is 25.8 Å². The van der Waals surface area contributed by atoms with Gasteiger partial charge in [0.15, 0.2) is 0 Å². The summed E-state index contributed by atoms with van der Waals surface area (Å²) in [4.78, 5) is 2.28. The molecule has 18 heavy (non-hydrogen) atoms. The average Bonchev–Trinajstić information content (AvgIpc) is 2.63. The monoisotopic (exact) mass is 252 g/mol. The number of halogens is 1. The van der Waals surface area contributed by atoms with Gasteiger partial charge in [0.1, 0.15) is 11.6 Å². The molecule has 0 spiro atoms. The van der Waals surface area contributed by atoms with Gasteiger partial charge in [-0.3, -0.25) is 0 Å². The van der Waals surface area contributed by atoms with Crippen LogP contribution < -0.4 is 15.0 Å². The summed E-state index contributed by atoms with van der Waals surface area (Å²) in [6, 6.07) is 5.25. The molecule has 100 valence electrons. The molecule has 0 aliphatic carbocycles. The van der Waals surface area contributed by atoms with Gasteiger partial charge >= 0.3 is 0 Å². The summed E-state index contributed by atoms with van der Waals surface area (Å²) in [5.74, 6) is 0.363. The molecule has 1 fully saturated rings. The van der Waals surface area contributed by atoms with E-state index in [-0.39, 0.29) is 5.82 Å². The lowest BCUT2D eigenvalue weighted by Crippen LogP contribution is -2.37. The molecule has 0 amide bonds. The normalized spacial score (nSPS) is 20.6. The molecule has 0 aromatic heterocycles. The Balaban J connectivity index is 2.23. The Bertz CT molecular complexity index is 397. The molecular formula is C14H21FN2O. The second-order valence-electron chi connectivity index (χ2n) is 4.68. The maximum Gasteiger partial charge on any atom is 0.145 e. The highest BCUT2D eigenvalue weighted by molar-refractivity contribution is 5.58. The lowest BCUT2D eigenvalue weighted by Gasteiger charge is -2.27. The topological polar surface area (TPSA) is 24.5 Å². The van der Waals surface area contributed by atoms with E-state index in [9.17, 15) is 4.39 Å². The Morgan fingerprint density at radius 1 is 1.50 bits per heavy atom. The first kappa shape index (κ1) is 13.1. The zero-order valence-corrected chi connectivity index (χ0v) is 11.1. The van der Waals surface area contributed by atoms with Gasteiger partial charge in [0.25, 0.3) is 0 Å². The molecule has 1 saturated heterocycles. The Morgan fingerprint density at radius 3 is 3.06 bits per heavy atom. The number of ether oxygens (including phenoxy) is 1. The number of methoxy groups -OCH3 is 1. The first-order valence-electron chi connectivity index (χ1n) is 6.56. The SMILES string of the molecule is CCC1CN(c2ccc(F)cc2OC)CCCN1. The molecule has 0 bridgehead atoms. The Hall–Kier alpha value is -1.29. The van der Waals surface area contributed by atoms with Crippen LogP contribution in [-0.4, -0.2) is 32.8 Å². The molecule has 1 aliphatic rings. The van der Waals surface area contributed by atoms with Crippen molar-refractivity contribution >= 4 is 5.69 Å². The molecule has 3 nitrogen and oxygen atoms in total. The molecule has 1 aliphatic heterocycles. The van der Waals surface area contributed by atoms with Crippen LogP contribution in [0.3, 0.4) is 0 Å². The van der Waals surface area contributed by atoms with Crippen molar-refractivity contribution in [3.8, 4) is 5.75 Å². The van der Waals surface area contributed by atoms with Crippen molar-refractivity contribution in [1.82, 2.24) is 5.32 Å². The van der Waals surface area contributed by atoms with Gasteiger partial charge < -0.3 is 15.0 Å². The quantitative estimate of drug-likeness (QED) is 0.894. The largest absolute Gasteiger partial charge is 0.494 e. The van der Waals surface area contributed by atoms with Crippen LogP contribution in [-0.2, 0) is 0 Å². The minimum absolute atomic E-state index is 0.254. The van der Waals surface area contributed by atoms with Crippen LogP contribution in [0.1, 0.15) is 19.8 Å². The maximum absolute atomic E-state index is 13.2. The van der Waals surface area contributed by atoms with Crippen LogP contribution in [0.5, 0.6) is 5.75 Å². The van der Waals surface area contributed by atoms with E-state index >= 15 is 0 Å². The van der Waals surface area contributed by atoms with E-state index < -0.39 is 0 Å². The maximum atomic E-state index is 13.2. The predicted molar refractivity (Wildman–Crippen MR) is 71.9 cm³/mol. The first-order valence-corrected chi connectivity index (χ1v) is 6.56. The summed E-state index contributed by atoms with van der Waals surface area (Å²) >= 11 is 0. The van der Waals surface area contributed by atoms with Gasteiger partial charge in [-0.2, -0.15) is 0 Å². The molecule has 0 saturated carbocycles. The number of rotatable bonds is 3. The van der Waals surface area contributed by atoms with Crippen LogP contribution in [0, 0.1) is 5.82 Å². The summed E-state index contributed by atoms with van der Waals surface area (Å²) in [7, 11) is 1.59. The molecule has 1 aromatic carbocycles. The summed E-state index contributed by atoms with van der Waals surface area (Å²) in [6.45, 7) is 5.14. The molecular weight excluding hydrogens is 231 g/mol. The second-order valence-corrected chi connectivity index (χ2v) is 4.68. The summed E-state index contributed by atoms with van der Waals surface area (Å²) < 4.78 is 18.5. The van der Waals surface area contributed by atoms with Gasteiger partial charge in [0.2, 0.25) is 0 Å². The standard InChI is InChI=1S/C14H21FN2O/c1-3-12-10-17(8-4-7-16-12)13-6-5-11(15)9-14(13)18-2/h5-6,9,12,16H,3-4,7-8,10H2,1-2H3. The van der Waals surface area contributed by atoms with Gasteiger partial charge in [-0.15, -0.1) is 0 Å². The van der Waals surface area contributed by atoms with Crippen molar-refractivity contribution in [3.63, 3.8) is 0 Å². The summed E-state index contributed by atoms with van der Waals surface area (Å²) in [5.41, 5.74) is 0.987. The Kier molecular flexibility index (Phi) is 4.42. The lowest BCUT2D eigenvalue weighted by atomic mass is 10.2. The van der Waals surface area contributed by atoms with Crippen LogP contribution in [0.4, 0.5) is 10.1 Å². The number of hydrogen-bond donors (Lipinski definition) is 1. The lowest BCUT2D eigenvalue weighted by molar-refractivity contribution is 0.410. The Labute approximate surface area is 108 Å². The van der Waals surface area contributed by atoms with Crippen molar-refractivity contribution in [3.05, 3.63) is 24.0 Å². The van der Waals surface area contributed by atoms with E-state index in [1.54, 1.807) is 7.11 Å². The van der Waals surface area contributed by atoms with Crippen LogP contribution >= 0.6 is 0 Å². The first-order chi connectivity index (χ1) is 8.74. The minimum Gasteiger partial charge on any atom is -0.494 e. The zero-order chi connectivity index (χ0) is 13.0. The molecule has 0 radical (unpaired) electrons. The number of nitrogens with one attached hydrogen (secondary N) is 1. The third kappa shape index (κ3) is 2.93. The number of hydrogen-bond acceptors (Lipinski definition) is 3. The number of anilines is 1. The fourth-order valence-electron chi connectivity index (χ4n) is 2.40. The number of nitrogens with zero attached hydrogens (tertiary/aromatic N) is 1. The van der Waals surface area contributed by atoms with Crippen LogP contribution in [0.25, 0.3) is 0 Å². The highest BCUT2D eigenvalue weighted by Gasteiger charge is 2.19. The highest BCUT2D eigenvalue weighted by Crippen LogP contribution is 2.29. The molecule has 4 heteroatoms. The van der Waals surface area contributed by atoms with Crippen LogP contribution in [0.15, 0.2) is 18.2 Å². The Morgan fingerprint density at radius 2 is 2.33 bits per heavy atom. The predicted octanol–water partition coefficient (Wildman–Crippen LogP) is 2.41. The van der Waals surface area contributed by atoms with Gasteiger partial charge in [-0.1, -0.05) is 6.92 Å². The van der Waals surface area contributed by atoms with Gasteiger partial charge in [-0.25, -0.2) is 4.39 Å². The van der Waals surface area contributed by atoms with Crippen molar-refractivity contribution in [2.75, 3.05) is 31.6 Å². The average molecular weight is 252 g/mol. The van der Waals surface area contributed by atoms with Gasteiger partial charge in [0.05, 0.1) is 12.8 Å². The van der Waals surface area contributed by atoms with E-state index in [4.69, 9.17) is 4.74 Å². The van der Waals surface area contributed by atoms with Crippen LogP contribution in [0.2, 0.25) is 0 Å². The molecule has 1 heterocycles. The van der Waals surface area contributed by atoms with E-state index in [0.29, 0.717) is 11.8 Å². The van der Waals surface area contributed by atoms with E-state index in [1.807, 2.05) is 6.07 Å². The smallest absolute Gasteiger partial charge is 0.145 e. The van der Waals surface area contributed by atoms with Crippen molar-refractivity contribution in [1.29, 1.82) is 0 Å². The van der Waals surface area contributed by atoms with E-state index in [2.05, 4.69) is 17.1 Å². The molecule has 1 unspecified atom stereocenters. The zero-order valence-electron chi connectivity index (χ0n) is 11.1. The van der Waals surface area contributed by atoms with Crippen molar-refractivity contribution in [2.24, 2.45) is 0 Å². The van der Waals surface area contributed by atoms with Gasteiger partial charge in [0, 0.05) is 25.2 Å². The number of benzene rings is 1. The third-order valence-corrected chi connectivity index (χ3v) is 3.45. The fourth-order valence-corrected chi connectivity index (χ4v) is 2.40. The fraction of sp³-hybridized carbons (Fsp3) is 0.571. The molecule has 1 atom stereocenters. The molecule has 1 aromatic rings. The summed E-state index contributed by atoms with van der Waals surface area (Å²) in [5, 5.41) is 3.52. The molecule has 1 N–H and O–H groups in total. The second kappa shape index (κ2) is 6.05. The highest BCUT2D eigenvalue weighted by atomic mass is 19.1. The van der Waals surface area contributed by atoms with E-state index in [0.717, 1.165) is 38.2 Å². The minimum atomic E-state index is -0.254. The molecule has 2 rings (SSSR count). The van der Waals surface area contributed by atoms with E-state index in [1.165, 1.54) is 12.1 Å². The van der Waals surface area contributed by atoms with Gasteiger partial charge in [-0.05, 0) is 31.5 Å². The van der Waals surface area contributed by atoms with Crippen molar-refractivity contribution < 1.29 is 9.13 Å².